The monoisotopic (exact) mass is 617 g/mol. The largest absolute Gasteiger partial charge is 0.396 e. The molecule has 3 aromatic rings. The van der Waals surface area contributed by atoms with Gasteiger partial charge >= 0.3 is 0 Å². The maximum absolute atomic E-state index is 13.8. The summed E-state index contributed by atoms with van der Waals surface area (Å²) in [6.45, 7) is 9.04. The van der Waals surface area contributed by atoms with E-state index in [9.17, 15) is 18.9 Å². The molecule has 0 bridgehead atoms. The van der Waals surface area contributed by atoms with Crippen molar-refractivity contribution >= 4 is 22.8 Å². The van der Waals surface area contributed by atoms with Crippen molar-refractivity contribution in [1.29, 1.82) is 0 Å². The van der Waals surface area contributed by atoms with E-state index < -0.39 is 15.7 Å². The van der Waals surface area contributed by atoms with Gasteiger partial charge in [-0.3, -0.25) is 9.59 Å². The fourth-order valence-corrected chi connectivity index (χ4v) is 7.31. The molecule has 2 aliphatic rings. The van der Waals surface area contributed by atoms with Crippen molar-refractivity contribution in [1.82, 2.24) is 24.0 Å². The lowest BCUT2D eigenvalue weighted by atomic mass is 9.93. The molecule has 0 spiro atoms. The molecular weight excluding hydrogens is 574 g/mol. The number of carbonyl (C=O) groups is 2. The zero-order chi connectivity index (χ0) is 31.8. The van der Waals surface area contributed by atoms with E-state index in [1.54, 1.807) is 25.1 Å². The molecule has 9 nitrogen and oxygen atoms in total. The zero-order valence-corrected chi connectivity index (χ0v) is 27.4. The lowest BCUT2D eigenvalue weighted by molar-refractivity contribution is 0.0658. The minimum Gasteiger partial charge on any atom is -0.396 e. The summed E-state index contributed by atoms with van der Waals surface area (Å²) in [5.41, 5.74) is 6.07. The van der Waals surface area contributed by atoms with E-state index in [0.717, 1.165) is 40.9 Å². The number of carbonyl (C=O) groups excluding carboxylic acids is 2. The van der Waals surface area contributed by atoms with E-state index >= 15 is 0 Å². The second-order valence-electron chi connectivity index (χ2n) is 12.9. The van der Waals surface area contributed by atoms with Gasteiger partial charge in [0.15, 0.2) is 0 Å². The number of rotatable bonds is 7. The van der Waals surface area contributed by atoms with Crippen LogP contribution in [-0.2, 0) is 17.5 Å². The minimum atomic E-state index is -1.35. The Balaban J connectivity index is 1.64. The molecule has 1 fully saturated rings. The lowest BCUT2D eigenvalue weighted by Crippen LogP contribution is -2.47. The number of likely N-dealkylation sites (N-methyl/N-ethyl adjacent to an activating group) is 1. The molecular formula is C34H43N5O4S. The Hall–Kier alpha value is -3.44. The minimum absolute atomic E-state index is 0.0728. The van der Waals surface area contributed by atoms with Crippen molar-refractivity contribution in [3.63, 3.8) is 0 Å². The van der Waals surface area contributed by atoms with E-state index in [1.165, 1.54) is 0 Å². The summed E-state index contributed by atoms with van der Waals surface area (Å²) in [5.74, 6) is -0.182. The predicted molar refractivity (Wildman–Crippen MR) is 174 cm³/mol. The molecule has 234 valence electrons. The molecule has 3 heterocycles. The first-order chi connectivity index (χ1) is 20.9. The number of hydrogen-bond acceptors (Lipinski definition) is 6. The number of aliphatic hydroxyl groups excluding tert-OH is 1. The molecule has 1 saturated heterocycles. The molecule has 1 aromatic heterocycles. The van der Waals surface area contributed by atoms with Crippen molar-refractivity contribution in [2.24, 2.45) is 0 Å². The van der Waals surface area contributed by atoms with E-state index in [1.807, 2.05) is 78.5 Å². The van der Waals surface area contributed by atoms with Gasteiger partial charge in [0.05, 0.1) is 16.5 Å². The average molecular weight is 618 g/mol. The van der Waals surface area contributed by atoms with Crippen LogP contribution in [0.3, 0.4) is 0 Å². The molecule has 0 aliphatic carbocycles. The van der Waals surface area contributed by atoms with Gasteiger partial charge in [-0.05, 0) is 75.2 Å². The third kappa shape index (κ3) is 6.49. The smallest absolute Gasteiger partial charge is 0.272 e. The Bertz CT molecular complexity index is 1580. The van der Waals surface area contributed by atoms with Crippen LogP contribution in [0.1, 0.15) is 65.2 Å². The van der Waals surface area contributed by atoms with Crippen LogP contribution in [0.4, 0.5) is 0 Å². The molecule has 1 N–H and O–H groups in total. The van der Waals surface area contributed by atoms with Crippen LogP contribution in [0, 0.1) is 0 Å². The molecule has 0 saturated carbocycles. The van der Waals surface area contributed by atoms with Crippen LogP contribution in [0.5, 0.6) is 0 Å². The predicted octanol–water partition coefficient (Wildman–Crippen LogP) is 4.21. The van der Waals surface area contributed by atoms with Gasteiger partial charge in [-0.25, -0.2) is 13.5 Å². The van der Waals surface area contributed by atoms with Crippen LogP contribution in [0.2, 0.25) is 0 Å². The van der Waals surface area contributed by atoms with Crippen LogP contribution < -0.4 is 0 Å². The second kappa shape index (κ2) is 12.9. The second-order valence-corrected chi connectivity index (χ2v) is 15.0. The molecule has 0 radical (unpaired) electrons. The fourth-order valence-electron chi connectivity index (χ4n) is 5.91. The van der Waals surface area contributed by atoms with Gasteiger partial charge in [-0.15, -0.1) is 0 Å². The number of piperazine rings is 1. The van der Waals surface area contributed by atoms with Gasteiger partial charge in [-0.2, -0.15) is 0 Å². The SMILES string of the molecule is CN1CCN(C(=O)c2cc3c(c(-c4cccc(-c5cccc(C(=O)N(C)C)c5)c4)n2)[C@@H](CCO)N([S@](=O)C(C)(C)C)C3)CC1. The molecule has 2 aliphatic heterocycles. The average Bonchev–Trinajstić information content (AvgIpc) is 3.37. The van der Waals surface area contributed by atoms with E-state index in [0.29, 0.717) is 43.0 Å². The normalized spacial score (nSPS) is 18.2. The number of aliphatic hydroxyl groups is 1. The Morgan fingerprint density at radius 3 is 2.25 bits per heavy atom. The first kappa shape index (κ1) is 32.0. The van der Waals surface area contributed by atoms with Crippen molar-refractivity contribution in [2.45, 2.75) is 44.5 Å². The number of hydrogen-bond donors (Lipinski definition) is 1. The van der Waals surface area contributed by atoms with Crippen LogP contribution in [0.25, 0.3) is 22.4 Å². The molecule has 2 aromatic carbocycles. The van der Waals surface area contributed by atoms with Crippen molar-refractivity contribution in [3.8, 4) is 22.4 Å². The third-order valence-corrected chi connectivity index (χ3v) is 10.1. The van der Waals surface area contributed by atoms with Crippen LogP contribution in [-0.4, -0.2) is 104 Å². The van der Waals surface area contributed by atoms with E-state index in [2.05, 4.69) is 11.9 Å². The van der Waals surface area contributed by atoms with Crippen LogP contribution in [0.15, 0.2) is 54.6 Å². The summed E-state index contributed by atoms with van der Waals surface area (Å²) in [6, 6.07) is 17.0. The highest BCUT2D eigenvalue weighted by Crippen LogP contribution is 2.44. The van der Waals surface area contributed by atoms with Gasteiger partial charge in [-0.1, -0.05) is 30.3 Å². The van der Waals surface area contributed by atoms with Crippen molar-refractivity contribution < 1.29 is 18.9 Å². The summed E-state index contributed by atoms with van der Waals surface area (Å²) in [7, 11) is 4.17. The van der Waals surface area contributed by atoms with Gasteiger partial charge in [0.25, 0.3) is 11.8 Å². The molecule has 0 unspecified atom stereocenters. The number of pyridine rings is 1. The van der Waals surface area contributed by atoms with Gasteiger partial charge in [0.1, 0.15) is 16.7 Å². The highest BCUT2D eigenvalue weighted by atomic mass is 32.2. The van der Waals surface area contributed by atoms with Gasteiger partial charge in [0.2, 0.25) is 0 Å². The standard InChI is InChI=1S/C34H43N5O4S/c1-34(2,3)44(43)39-22-27-21-28(33(42)38-16-14-37(6)15-17-38)35-31(30(27)29(39)13-18-40)25-11-7-9-23(19-25)24-10-8-12-26(20-24)32(41)36(4)5/h7-12,19-21,29,40H,13-18,22H2,1-6H3/t29-,44-/m1/s1. The summed E-state index contributed by atoms with van der Waals surface area (Å²) in [5, 5.41) is 10.1. The molecule has 2 amide bonds. The Morgan fingerprint density at radius 2 is 1.61 bits per heavy atom. The number of nitrogens with zero attached hydrogens (tertiary/aromatic N) is 5. The lowest BCUT2D eigenvalue weighted by Gasteiger charge is -2.32. The molecule has 44 heavy (non-hydrogen) atoms. The zero-order valence-electron chi connectivity index (χ0n) is 26.5. The first-order valence-corrected chi connectivity index (χ1v) is 16.2. The van der Waals surface area contributed by atoms with Gasteiger partial charge in [0, 0.05) is 70.1 Å². The molecule has 5 rings (SSSR count). The maximum atomic E-state index is 13.8. The topological polar surface area (TPSA) is 97.3 Å². The Morgan fingerprint density at radius 1 is 0.977 bits per heavy atom. The summed E-state index contributed by atoms with van der Waals surface area (Å²) in [6.07, 6.45) is 0.392. The molecule has 10 heteroatoms. The first-order valence-electron chi connectivity index (χ1n) is 15.1. The Kier molecular flexibility index (Phi) is 9.36. The third-order valence-electron chi connectivity index (χ3n) is 8.29. The van der Waals surface area contributed by atoms with E-state index in [4.69, 9.17) is 4.98 Å². The Labute approximate surface area is 263 Å². The van der Waals surface area contributed by atoms with Crippen molar-refractivity contribution in [2.75, 3.05) is 53.9 Å². The number of aromatic nitrogens is 1. The summed E-state index contributed by atoms with van der Waals surface area (Å²) in [4.78, 5) is 37.1. The quantitative estimate of drug-likeness (QED) is 0.427. The summed E-state index contributed by atoms with van der Waals surface area (Å²) < 4.78 is 15.2. The highest BCUT2D eigenvalue weighted by Gasteiger charge is 2.40. The maximum Gasteiger partial charge on any atom is 0.272 e. The molecule has 2 atom stereocenters. The van der Waals surface area contributed by atoms with Gasteiger partial charge < -0.3 is 19.8 Å². The fraction of sp³-hybridized carbons (Fsp3) is 0.441. The number of benzene rings is 2. The summed E-state index contributed by atoms with van der Waals surface area (Å²) >= 11 is 0. The van der Waals surface area contributed by atoms with Crippen LogP contribution >= 0.6 is 0 Å². The number of amides is 2. The number of fused-ring (bicyclic) bond motifs is 1. The highest BCUT2D eigenvalue weighted by molar-refractivity contribution is 7.84. The van der Waals surface area contributed by atoms with Crippen molar-refractivity contribution in [3.05, 3.63) is 77.0 Å². The van der Waals surface area contributed by atoms with E-state index in [-0.39, 0.29) is 24.5 Å².